The van der Waals surface area contributed by atoms with Crippen LogP contribution >= 0.6 is 0 Å². The van der Waals surface area contributed by atoms with E-state index in [1.54, 1.807) is 14.2 Å². The molecular formula is C16H27NO4. The molecule has 2 atom stereocenters. The van der Waals surface area contributed by atoms with Gasteiger partial charge in [0.15, 0.2) is 11.5 Å². The van der Waals surface area contributed by atoms with E-state index in [-0.39, 0.29) is 19.3 Å². The molecule has 21 heavy (non-hydrogen) atoms. The summed E-state index contributed by atoms with van der Waals surface area (Å²) in [6.07, 6.45) is 0.449. The predicted octanol–water partition coefficient (Wildman–Crippen LogP) is 2.14. The Morgan fingerprint density at radius 1 is 1.19 bits per heavy atom. The Morgan fingerprint density at radius 2 is 1.95 bits per heavy atom. The summed E-state index contributed by atoms with van der Waals surface area (Å²) < 4.78 is 15.8. The Hall–Kier alpha value is -1.30. The third-order valence-corrected chi connectivity index (χ3v) is 3.18. The Morgan fingerprint density at radius 3 is 2.57 bits per heavy atom. The van der Waals surface area contributed by atoms with Gasteiger partial charge in [0.05, 0.1) is 13.7 Å². The van der Waals surface area contributed by atoms with Gasteiger partial charge in [-0.2, -0.15) is 0 Å². The molecule has 120 valence electrons. The lowest BCUT2D eigenvalue weighted by atomic mass is 10.1. The molecule has 0 spiro atoms. The summed E-state index contributed by atoms with van der Waals surface area (Å²) >= 11 is 0. The van der Waals surface area contributed by atoms with Gasteiger partial charge in [-0.1, -0.05) is 13.0 Å². The lowest BCUT2D eigenvalue weighted by molar-refractivity contribution is 0.0319. The highest BCUT2D eigenvalue weighted by Crippen LogP contribution is 2.30. The van der Waals surface area contributed by atoms with Crippen LogP contribution < -0.4 is 14.8 Å². The zero-order valence-electron chi connectivity index (χ0n) is 13.4. The van der Waals surface area contributed by atoms with E-state index in [1.807, 2.05) is 18.2 Å². The van der Waals surface area contributed by atoms with Crippen LogP contribution in [0.4, 0.5) is 0 Å². The first-order valence-corrected chi connectivity index (χ1v) is 7.33. The predicted molar refractivity (Wildman–Crippen MR) is 83.1 cm³/mol. The molecule has 1 aromatic carbocycles. The quantitative estimate of drug-likeness (QED) is 0.693. The molecule has 5 heteroatoms. The van der Waals surface area contributed by atoms with E-state index in [2.05, 4.69) is 19.2 Å². The maximum atomic E-state index is 9.61. The molecule has 1 rings (SSSR count). The summed E-state index contributed by atoms with van der Waals surface area (Å²) in [5.74, 6) is 1.29. The lowest BCUT2D eigenvalue weighted by Crippen LogP contribution is -2.23. The van der Waals surface area contributed by atoms with Crippen molar-refractivity contribution >= 4 is 0 Å². The van der Waals surface area contributed by atoms with Crippen molar-refractivity contribution in [3.05, 3.63) is 23.8 Å². The Kier molecular flexibility index (Phi) is 8.12. The van der Waals surface area contributed by atoms with Gasteiger partial charge in [0, 0.05) is 13.2 Å². The molecule has 2 N–H and O–H groups in total. The summed E-state index contributed by atoms with van der Waals surface area (Å²) in [6.45, 7) is 5.66. The number of hydrogen-bond donors (Lipinski definition) is 2. The molecule has 0 aliphatic carbocycles. The molecule has 5 nitrogen and oxygen atoms in total. The maximum absolute atomic E-state index is 9.61. The van der Waals surface area contributed by atoms with Crippen LogP contribution in [0.3, 0.4) is 0 Å². The molecular weight excluding hydrogens is 270 g/mol. The van der Waals surface area contributed by atoms with E-state index in [0.29, 0.717) is 11.5 Å². The number of methoxy groups -OCH3 is 2. The Labute approximate surface area is 127 Å². The molecule has 2 unspecified atom stereocenters. The normalized spacial score (nSPS) is 13.8. The molecule has 0 aliphatic heterocycles. The average Bonchev–Trinajstić information content (AvgIpc) is 2.50. The fourth-order valence-electron chi connectivity index (χ4n) is 1.98. The zero-order chi connectivity index (χ0) is 15.7. The monoisotopic (exact) mass is 297 g/mol. The van der Waals surface area contributed by atoms with Gasteiger partial charge in [-0.05, 0) is 37.6 Å². The van der Waals surface area contributed by atoms with Crippen molar-refractivity contribution in [3.63, 3.8) is 0 Å². The fraction of sp³-hybridized carbons (Fsp3) is 0.625. The minimum absolute atomic E-state index is 0.174. The lowest BCUT2D eigenvalue weighted by Gasteiger charge is -2.18. The van der Waals surface area contributed by atoms with E-state index >= 15 is 0 Å². The van der Waals surface area contributed by atoms with Crippen molar-refractivity contribution in [3.8, 4) is 11.5 Å². The number of aliphatic hydroxyl groups excluding tert-OH is 1. The Balaban J connectivity index is 2.69. The van der Waals surface area contributed by atoms with Crippen LogP contribution in [0.5, 0.6) is 11.5 Å². The van der Waals surface area contributed by atoms with Crippen LogP contribution in [0.25, 0.3) is 0 Å². The number of aliphatic hydroxyl groups is 1. The number of hydrogen-bond acceptors (Lipinski definition) is 5. The minimum Gasteiger partial charge on any atom is -0.493 e. The van der Waals surface area contributed by atoms with Gasteiger partial charge >= 0.3 is 0 Å². The highest BCUT2D eigenvalue weighted by Gasteiger charge is 2.12. The summed E-state index contributed by atoms with van der Waals surface area (Å²) in [4.78, 5) is 0. The number of benzene rings is 1. The van der Waals surface area contributed by atoms with E-state index < -0.39 is 6.10 Å². The van der Waals surface area contributed by atoms with Crippen LogP contribution in [0.1, 0.15) is 31.9 Å². The van der Waals surface area contributed by atoms with Crippen molar-refractivity contribution in [2.24, 2.45) is 0 Å². The Bertz CT molecular complexity index is 411. The second-order valence-corrected chi connectivity index (χ2v) is 5.01. The number of rotatable bonds is 10. The van der Waals surface area contributed by atoms with E-state index in [0.717, 1.165) is 18.5 Å². The molecule has 0 bridgehead atoms. The first kappa shape index (κ1) is 17.8. The van der Waals surface area contributed by atoms with Gasteiger partial charge in [0.2, 0.25) is 0 Å². The minimum atomic E-state index is -0.649. The van der Waals surface area contributed by atoms with Gasteiger partial charge in [0.25, 0.3) is 0 Å². The summed E-state index contributed by atoms with van der Waals surface area (Å²) in [6, 6.07) is 6.10. The van der Waals surface area contributed by atoms with Crippen molar-refractivity contribution in [2.45, 2.75) is 32.4 Å². The van der Waals surface area contributed by atoms with Crippen molar-refractivity contribution in [1.29, 1.82) is 0 Å². The summed E-state index contributed by atoms with van der Waals surface area (Å²) in [7, 11) is 3.16. The van der Waals surface area contributed by atoms with Crippen molar-refractivity contribution in [2.75, 3.05) is 34.0 Å². The summed E-state index contributed by atoms with van der Waals surface area (Å²) in [5, 5.41) is 13.0. The molecule has 0 heterocycles. The average molecular weight is 297 g/mol. The van der Waals surface area contributed by atoms with Crippen molar-refractivity contribution < 1.29 is 19.3 Å². The highest BCUT2D eigenvalue weighted by atomic mass is 16.5. The smallest absolute Gasteiger partial charge is 0.161 e. The number of ether oxygens (including phenoxy) is 3. The van der Waals surface area contributed by atoms with E-state index in [9.17, 15) is 5.11 Å². The van der Waals surface area contributed by atoms with Gasteiger partial charge in [-0.3, -0.25) is 0 Å². The molecule has 1 aromatic rings. The standard InChI is InChI=1S/C16H27NO4/c1-5-8-17-12(2)13-6-7-15(16(9-13)20-4)21-11-14(18)10-19-3/h6-7,9,12,14,17-18H,5,8,10-11H2,1-4H3. The molecule has 0 aliphatic rings. The summed E-state index contributed by atoms with van der Waals surface area (Å²) in [5.41, 5.74) is 1.14. The molecule has 0 saturated carbocycles. The van der Waals surface area contributed by atoms with E-state index in [1.165, 1.54) is 0 Å². The number of nitrogens with one attached hydrogen (secondary N) is 1. The molecule has 0 radical (unpaired) electrons. The van der Waals surface area contributed by atoms with Crippen molar-refractivity contribution in [1.82, 2.24) is 5.32 Å². The SMILES string of the molecule is CCCNC(C)c1ccc(OCC(O)COC)c(OC)c1. The molecule has 0 amide bonds. The van der Waals surface area contributed by atoms with Crippen LogP contribution in [0.2, 0.25) is 0 Å². The molecule has 0 fully saturated rings. The van der Waals surface area contributed by atoms with E-state index in [4.69, 9.17) is 14.2 Å². The first-order chi connectivity index (χ1) is 10.1. The fourth-order valence-corrected chi connectivity index (χ4v) is 1.98. The second-order valence-electron chi connectivity index (χ2n) is 5.01. The largest absolute Gasteiger partial charge is 0.493 e. The van der Waals surface area contributed by atoms with Gasteiger partial charge in [-0.15, -0.1) is 0 Å². The van der Waals surface area contributed by atoms with Gasteiger partial charge < -0.3 is 24.6 Å². The zero-order valence-corrected chi connectivity index (χ0v) is 13.4. The maximum Gasteiger partial charge on any atom is 0.161 e. The third kappa shape index (κ3) is 5.91. The highest BCUT2D eigenvalue weighted by molar-refractivity contribution is 5.43. The molecule has 0 aromatic heterocycles. The first-order valence-electron chi connectivity index (χ1n) is 7.33. The topological polar surface area (TPSA) is 60.0 Å². The third-order valence-electron chi connectivity index (χ3n) is 3.18. The van der Waals surface area contributed by atoms with Crippen LogP contribution in [-0.4, -0.2) is 45.2 Å². The second kappa shape index (κ2) is 9.60. The van der Waals surface area contributed by atoms with Crippen LogP contribution in [0, 0.1) is 0 Å². The van der Waals surface area contributed by atoms with Gasteiger partial charge in [0.1, 0.15) is 12.7 Å². The van der Waals surface area contributed by atoms with Gasteiger partial charge in [-0.25, -0.2) is 0 Å². The van der Waals surface area contributed by atoms with Crippen LogP contribution in [0.15, 0.2) is 18.2 Å². The molecule has 0 saturated heterocycles. The van der Waals surface area contributed by atoms with Crippen LogP contribution in [-0.2, 0) is 4.74 Å².